The smallest absolute Gasteiger partial charge is 0.255 e. The molecule has 0 saturated heterocycles. The molecule has 0 radical (unpaired) electrons. The summed E-state index contributed by atoms with van der Waals surface area (Å²) in [6.45, 7) is 2.55. The summed E-state index contributed by atoms with van der Waals surface area (Å²) < 4.78 is 5.38. The van der Waals surface area contributed by atoms with Crippen LogP contribution in [-0.4, -0.2) is 22.5 Å². The summed E-state index contributed by atoms with van der Waals surface area (Å²) in [5, 5.41) is 2.96. The third-order valence-corrected chi connectivity index (χ3v) is 3.59. The fourth-order valence-electron chi connectivity index (χ4n) is 2.57. The summed E-state index contributed by atoms with van der Waals surface area (Å²) >= 11 is 0. The zero-order valence-electron chi connectivity index (χ0n) is 12.9. The number of hydrogen-bond donors (Lipinski definition) is 3. The van der Waals surface area contributed by atoms with Gasteiger partial charge in [0.1, 0.15) is 5.75 Å². The third kappa shape index (κ3) is 3.50. The lowest BCUT2D eigenvalue weighted by Crippen LogP contribution is -2.23. The topological polar surface area (TPSA) is 105 Å². The van der Waals surface area contributed by atoms with E-state index >= 15 is 0 Å². The first-order valence-corrected chi connectivity index (χ1v) is 7.62. The lowest BCUT2D eigenvalue weighted by atomic mass is 10.3. The van der Waals surface area contributed by atoms with Gasteiger partial charge in [0.05, 0.1) is 12.3 Å². The second-order valence-electron chi connectivity index (χ2n) is 5.25. The van der Waals surface area contributed by atoms with Gasteiger partial charge in [0.2, 0.25) is 11.9 Å². The van der Waals surface area contributed by atoms with Crippen molar-refractivity contribution in [3.05, 3.63) is 45.9 Å². The third-order valence-electron chi connectivity index (χ3n) is 3.59. The van der Waals surface area contributed by atoms with Gasteiger partial charge in [0, 0.05) is 11.3 Å². The minimum Gasteiger partial charge on any atom is -0.494 e. The molecule has 4 N–H and O–H groups in total. The molecule has 3 rings (SSSR count). The van der Waals surface area contributed by atoms with Crippen LogP contribution in [0.5, 0.6) is 5.75 Å². The molecule has 0 spiro atoms. The molecule has 120 valence electrons. The van der Waals surface area contributed by atoms with Crippen LogP contribution in [0.2, 0.25) is 0 Å². The molecular weight excluding hydrogens is 294 g/mol. The number of anilines is 1. The number of hydrogen-bond acceptors (Lipinski definition) is 4. The number of aromatic amines is 1. The Bertz CT molecular complexity index is 780. The molecule has 7 nitrogen and oxygen atoms in total. The molecule has 0 saturated carbocycles. The van der Waals surface area contributed by atoms with E-state index in [0.29, 0.717) is 6.61 Å². The maximum atomic E-state index is 11.9. The van der Waals surface area contributed by atoms with E-state index in [-0.39, 0.29) is 17.5 Å². The monoisotopic (exact) mass is 313 g/mol. The summed E-state index contributed by atoms with van der Waals surface area (Å²) in [7, 11) is 0. The van der Waals surface area contributed by atoms with Crippen LogP contribution in [0.15, 0.2) is 34.1 Å². The number of aryl methyl sites for hydroxylation is 1. The maximum absolute atomic E-state index is 11.9. The Morgan fingerprint density at radius 2 is 2.17 bits per heavy atom. The van der Waals surface area contributed by atoms with Crippen LogP contribution >= 0.6 is 0 Å². The average molecular weight is 313 g/mol. The summed E-state index contributed by atoms with van der Waals surface area (Å²) in [5.41, 5.74) is 8.11. The quantitative estimate of drug-likeness (QED) is 0.588. The van der Waals surface area contributed by atoms with Crippen LogP contribution in [0.4, 0.5) is 11.6 Å². The molecule has 2 aromatic rings. The van der Waals surface area contributed by atoms with Gasteiger partial charge >= 0.3 is 0 Å². The normalized spacial score (nSPS) is 13.7. The Balaban J connectivity index is 1.75. The van der Waals surface area contributed by atoms with Crippen LogP contribution in [-0.2, 0) is 12.8 Å². The van der Waals surface area contributed by atoms with Gasteiger partial charge in [-0.15, -0.1) is 0 Å². The standard InChI is InChI=1S/C16H19N5O2/c1-2-23-11-8-6-10(7-9-11)18-15(17)21-16-19-13-5-3-4-12(13)14(22)20-16/h6-9H,2-5H2,1H3,(H4,17,18,19,20,21,22). The number of nitrogens with two attached hydrogens (primary N) is 1. The molecule has 0 bridgehead atoms. The van der Waals surface area contributed by atoms with Crippen LogP contribution in [0, 0.1) is 0 Å². The van der Waals surface area contributed by atoms with Crippen molar-refractivity contribution in [3.63, 3.8) is 0 Å². The molecule has 0 unspecified atom stereocenters. The molecule has 0 aliphatic heterocycles. The molecule has 7 heteroatoms. The number of fused-ring (bicyclic) bond motifs is 1. The predicted molar refractivity (Wildman–Crippen MR) is 89.4 cm³/mol. The second-order valence-corrected chi connectivity index (χ2v) is 5.25. The molecule has 0 atom stereocenters. The Hall–Kier alpha value is -2.83. The first-order valence-electron chi connectivity index (χ1n) is 7.62. The Labute approximate surface area is 133 Å². The number of benzene rings is 1. The SMILES string of the molecule is CCOc1ccc(N/C(N)=N/c2nc3c(c(=O)[nH]2)CCC3)cc1. The lowest BCUT2D eigenvalue weighted by molar-refractivity contribution is 0.340. The van der Waals surface area contributed by atoms with E-state index in [4.69, 9.17) is 10.5 Å². The molecule has 1 heterocycles. The van der Waals surface area contributed by atoms with E-state index in [0.717, 1.165) is 42.0 Å². The van der Waals surface area contributed by atoms with E-state index < -0.39 is 0 Å². The van der Waals surface area contributed by atoms with Gasteiger partial charge < -0.3 is 15.8 Å². The minimum atomic E-state index is -0.125. The van der Waals surface area contributed by atoms with Crippen molar-refractivity contribution in [2.24, 2.45) is 10.7 Å². The molecule has 0 fully saturated rings. The van der Waals surface area contributed by atoms with E-state index in [2.05, 4.69) is 20.3 Å². The maximum Gasteiger partial charge on any atom is 0.255 e. The number of guanidine groups is 1. The number of aromatic nitrogens is 2. The molecular formula is C16H19N5O2. The van der Waals surface area contributed by atoms with Gasteiger partial charge in [0.25, 0.3) is 5.56 Å². The molecule has 1 aromatic heterocycles. The van der Waals surface area contributed by atoms with Crippen molar-refractivity contribution in [1.29, 1.82) is 0 Å². The summed E-state index contributed by atoms with van der Waals surface area (Å²) in [6, 6.07) is 7.36. The largest absolute Gasteiger partial charge is 0.494 e. The summed E-state index contributed by atoms with van der Waals surface area (Å²) in [6.07, 6.45) is 2.55. The number of nitrogens with one attached hydrogen (secondary N) is 2. The Kier molecular flexibility index (Phi) is 4.27. The lowest BCUT2D eigenvalue weighted by Gasteiger charge is -2.07. The zero-order valence-corrected chi connectivity index (χ0v) is 12.9. The molecule has 1 aromatic carbocycles. The highest BCUT2D eigenvalue weighted by Crippen LogP contribution is 2.18. The van der Waals surface area contributed by atoms with Crippen LogP contribution < -0.4 is 21.3 Å². The van der Waals surface area contributed by atoms with Crippen molar-refractivity contribution in [3.8, 4) is 5.75 Å². The zero-order chi connectivity index (χ0) is 16.2. The Morgan fingerprint density at radius 3 is 2.91 bits per heavy atom. The fourth-order valence-corrected chi connectivity index (χ4v) is 2.57. The van der Waals surface area contributed by atoms with Crippen molar-refractivity contribution in [2.75, 3.05) is 11.9 Å². The van der Waals surface area contributed by atoms with Gasteiger partial charge in [-0.1, -0.05) is 0 Å². The van der Waals surface area contributed by atoms with Crippen LogP contribution in [0.3, 0.4) is 0 Å². The van der Waals surface area contributed by atoms with Crippen molar-refractivity contribution < 1.29 is 4.74 Å². The highest BCUT2D eigenvalue weighted by molar-refractivity contribution is 5.93. The number of ether oxygens (including phenoxy) is 1. The summed E-state index contributed by atoms with van der Waals surface area (Å²) in [5.74, 6) is 1.18. The van der Waals surface area contributed by atoms with E-state index in [1.807, 2.05) is 31.2 Å². The van der Waals surface area contributed by atoms with Gasteiger partial charge in [-0.05, 0) is 50.5 Å². The predicted octanol–water partition coefficient (Wildman–Crippen LogP) is 1.72. The Morgan fingerprint density at radius 1 is 1.39 bits per heavy atom. The van der Waals surface area contributed by atoms with Crippen LogP contribution in [0.1, 0.15) is 24.6 Å². The fraction of sp³-hybridized carbons (Fsp3) is 0.312. The molecule has 1 aliphatic rings. The van der Waals surface area contributed by atoms with E-state index in [1.54, 1.807) is 0 Å². The number of aliphatic imine (C=N–C) groups is 1. The highest BCUT2D eigenvalue weighted by atomic mass is 16.5. The van der Waals surface area contributed by atoms with E-state index in [1.165, 1.54) is 0 Å². The van der Waals surface area contributed by atoms with Gasteiger partial charge in [-0.2, -0.15) is 4.99 Å². The highest BCUT2D eigenvalue weighted by Gasteiger charge is 2.16. The molecule has 1 aliphatic carbocycles. The first-order chi connectivity index (χ1) is 11.2. The molecule has 0 amide bonds. The van der Waals surface area contributed by atoms with Crippen molar-refractivity contribution in [2.45, 2.75) is 26.2 Å². The number of H-pyrrole nitrogens is 1. The van der Waals surface area contributed by atoms with E-state index in [9.17, 15) is 4.79 Å². The van der Waals surface area contributed by atoms with Gasteiger partial charge in [-0.25, -0.2) is 4.98 Å². The van der Waals surface area contributed by atoms with Crippen molar-refractivity contribution >= 4 is 17.6 Å². The first kappa shape index (κ1) is 15.1. The molecule has 23 heavy (non-hydrogen) atoms. The summed E-state index contributed by atoms with van der Waals surface area (Å²) in [4.78, 5) is 23.1. The van der Waals surface area contributed by atoms with Gasteiger partial charge in [-0.3, -0.25) is 9.78 Å². The average Bonchev–Trinajstić information content (AvgIpc) is 2.98. The second kappa shape index (κ2) is 6.51. The van der Waals surface area contributed by atoms with Crippen LogP contribution in [0.25, 0.3) is 0 Å². The number of nitrogens with zero attached hydrogens (tertiary/aromatic N) is 2. The minimum absolute atomic E-state index is 0.125. The van der Waals surface area contributed by atoms with Gasteiger partial charge in [0.15, 0.2) is 0 Å². The number of rotatable bonds is 4. The van der Waals surface area contributed by atoms with Crippen molar-refractivity contribution in [1.82, 2.24) is 9.97 Å².